The maximum absolute atomic E-state index is 13.3. The molecule has 0 aliphatic carbocycles. The summed E-state index contributed by atoms with van der Waals surface area (Å²) >= 11 is 0. The highest BCUT2D eigenvalue weighted by molar-refractivity contribution is 7.88. The van der Waals surface area contributed by atoms with Gasteiger partial charge in [-0.15, -0.1) is 0 Å². The Kier molecular flexibility index (Phi) is 8.94. The number of hydrogen-bond donors (Lipinski definition) is 2. The van der Waals surface area contributed by atoms with Gasteiger partial charge in [0.05, 0.1) is 37.4 Å². The van der Waals surface area contributed by atoms with Gasteiger partial charge in [-0.05, 0) is 25.1 Å². The van der Waals surface area contributed by atoms with Crippen LogP contribution in [0.1, 0.15) is 37.0 Å². The van der Waals surface area contributed by atoms with E-state index in [4.69, 9.17) is 4.74 Å². The van der Waals surface area contributed by atoms with Crippen LogP contribution in [-0.2, 0) is 14.8 Å². The second-order valence-electron chi connectivity index (χ2n) is 8.54. The third kappa shape index (κ3) is 7.57. The lowest BCUT2D eigenvalue weighted by molar-refractivity contribution is -0.142. The van der Waals surface area contributed by atoms with Crippen LogP contribution in [0.25, 0.3) is 0 Å². The van der Waals surface area contributed by atoms with E-state index in [-0.39, 0.29) is 42.6 Å². The van der Waals surface area contributed by atoms with Crippen molar-refractivity contribution in [3.63, 3.8) is 0 Å². The van der Waals surface area contributed by atoms with Crippen LogP contribution < -0.4 is 10.1 Å². The van der Waals surface area contributed by atoms with Crippen LogP contribution in [0.15, 0.2) is 18.2 Å². The number of halogens is 3. The summed E-state index contributed by atoms with van der Waals surface area (Å²) in [5.41, 5.74) is 0.144. The summed E-state index contributed by atoms with van der Waals surface area (Å²) in [5, 5.41) is 12.0. The molecule has 2 rings (SSSR count). The quantitative estimate of drug-likeness (QED) is 0.554. The Hall–Kier alpha value is -2.38. The Balaban J connectivity index is 2.39. The molecule has 1 aliphatic rings. The van der Waals surface area contributed by atoms with Crippen molar-refractivity contribution in [2.24, 2.45) is 5.92 Å². The summed E-state index contributed by atoms with van der Waals surface area (Å²) < 4.78 is 68.1. The van der Waals surface area contributed by atoms with Gasteiger partial charge in [-0.25, -0.2) is 12.7 Å². The molecule has 0 saturated heterocycles. The van der Waals surface area contributed by atoms with Crippen molar-refractivity contribution in [1.82, 2.24) is 9.21 Å². The van der Waals surface area contributed by atoms with Crippen molar-refractivity contribution in [3.8, 4) is 5.75 Å². The normalized spacial score (nSPS) is 20.3. The molecule has 0 unspecified atom stereocenters. The van der Waals surface area contributed by atoms with Crippen LogP contribution in [0.5, 0.6) is 5.75 Å². The molecule has 0 fully saturated rings. The lowest BCUT2D eigenvalue weighted by Crippen LogP contribution is -2.50. The first-order valence-corrected chi connectivity index (χ1v) is 12.5. The number of likely N-dealkylation sites (N-methyl/N-ethyl adjacent to an activating group) is 1. The zero-order valence-electron chi connectivity index (χ0n) is 19.4. The molecule has 0 bridgehead atoms. The highest BCUT2D eigenvalue weighted by atomic mass is 32.2. The van der Waals surface area contributed by atoms with Crippen molar-refractivity contribution in [2.45, 2.75) is 45.0 Å². The predicted molar refractivity (Wildman–Crippen MR) is 119 cm³/mol. The fourth-order valence-electron chi connectivity index (χ4n) is 3.39. The first-order valence-electron chi connectivity index (χ1n) is 10.6. The largest absolute Gasteiger partial charge is 0.488 e. The number of aliphatic hydroxyl groups is 1. The second-order valence-corrected chi connectivity index (χ2v) is 10.6. The maximum Gasteiger partial charge on any atom is 0.389 e. The number of amides is 2. The van der Waals surface area contributed by atoms with Gasteiger partial charge in [0.25, 0.3) is 5.91 Å². The molecule has 1 aromatic rings. The van der Waals surface area contributed by atoms with Gasteiger partial charge in [-0.3, -0.25) is 9.59 Å². The average molecular weight is 510 g/mol. The molecule has 9 nitrogen and oxygen atoms in total. The number of rotatable bonds is 8. The van der Waals surface area contributed by atoms with Gasteiger partial charge in [0.15, 0.2) is 0 Å². The average Bonchev–Trinajstić information content (AvgIpc) is 2.73. The molecule has 0 radical (unpaired) electrons. The van der Waals surface area contributed by atoms with Gasteiger partial charge in [0.2, 0.25) is 15.9 Å². The summed E-state index contributed by atoms with van der Waals surface area (Å²) in [6, 6.07) is 3.52. The third-order valence-corrected chi connectivity index (χ3v) is 6.87. The number of carbonyl (C=O) groups is 2. The first-order chi connectivity index (χ1) is 15.6. The Morgan fingerprint density at radius 3 is 2.59 bits per heavy atom. The number of nitrogens with one attached hydrogen (secondary N) is 1. The first kappa shape index (κ1) is 27.9. The molecule has 192 valence electrons. The van der Waals surface area contributed by atoms with Gasteiger partial charge in [-0.1, -0.05) is 6.92 Å². The van der Waals surface area contributed by atoms with Crippen LogP contribution in [0, 0.1) is 5.92 Å². The minimum absolute atomic E-state index is 0.00487. The van der Waals surface area contributed by atoms with Crippen molar-refractivity contribution >= 4 is 27.5 Å². The molecule has 0 saturated carbocycles. The fourth-order valence-corrected chi connectivity index (χ4v) is 3.80. The lowest BCUT2D eigenvalue weighted by Gasteiger charge is -2.38. The Labute approximate surface area is 196 Å². The molecule has 1 heterocycles. The van der Waals surface area contributed by atoms with E-state index in [9.17, 15) is 36.3 Å². The highest BCUT2D eigenvalue weighted by Gasteiger charge is 2.34. The Bertz CT molecular complexity index is 1000. The van der Waals surface area contributed by atoms with Crippen LogP contribution in [-0.4, -0.2) is 85.9 Å². The molecule has 2 N–H and O–H groups in total. The Morgan fingerprint density at radius 2 is 2.03 bits per heavy atom. The predicted octanol–water partition coefficient (Wildman–Crippen LogP) is 2.08. The van der Waals surface area contributed by atoms with E-state index >= 15 is 0 Å². The number of alkyl halides is 3. The van der Waals surface area contributed by atoms with Crippen molar-refractivity contribution < 1.29 is 41.0 Å². The van der Waals surface area contributed by atoms with E-state index in [0.29, 0.717) is 0 Å². The molecule has 13 heteroatoms. The molecule has 1 aliphatic heterocycles. The summed E-state index contributed by atoms with van der Waals surface area (Å²) in [6.07, 6.45) is -6.10. The van der Waals surface area contributed by atoms with E-state index in [1.165, 1.54) is 30.1 Å². The summed E-state index contributed by atoms with van der Waals surface area (Å²) in [7, 11) is -2.09. The molecule has 0 spiro atoms. The standard InChI is InChI=1S/C21H30F3N3O6S/c1-13-10-27(14(2)12-28)20(30)16-9-15(25-19(29)7-8-21(22,23)24)5-6-17(16)33-18(13)11-26(3)34(4,31)32/h5-6,9,13-14,18,28H,7-8,10-12H2,1-4H3,(H,25,29)/t13-,14+,18-/m1/s1. The maximum atomic E-state index is 13.3. The summed E-state index contributed by atoms with van der Waals surface area (Å²) in [6.45, 7) is 3.28. The molecule has 0 aromatic heterocycles. The summed E-state index contributed by atoms with van der Waals surface area (Å²) in [5.74, 6) is -1.54. The summed E-state index contributed by atoms with van der Waals surface area (Å²) in [4.78, 5) is 26.6. The number of anilines is 1. The number of ether oxygens (including phenoxy) is 1. The van der Waals surface area contributed by atoms with Crippen LogP contribution in [0.4, 0.5) is 18.9 Å². The van der Waals surface area contributed by atoms with Gasteiger partial charge < -0.3 is 20.1 Å². The fraction of sp³-hybridized carbons (Fsp3) is 0.619. The Morgan fingerprint density at radius 1 is 1.38 bits per heavy atom. The number of carbonyl (C=O) groups excluding carboxylic acids is 2. The smallest absolute Gasteiger partial charge is 0.389 e. The second kappa shape index (κ2) is 10.9. The van der Waals surface area contributed by atoms with Crippen LogP contribution in [0.3, 0.4) is 0 Å². The third-order valence-electron chi connectivity index (χ3n) is 5.59. The lowest BCUT2D eigenvalue weighted by atomic mass is 9.99. The van der Waals surface area contributed by atoms with Crippen LogP contribution in [0.2, 0.25) is 0 Å². The molecular formula is C21H30F3N3O6S. The minimum atomic E-state index is -4.47. The van der Waals surface area contributed by atoms with Crippen LogP contribution >= 0.6 is 0 Å². The number of nitrogens with zero attached hydrogens (tertiary/aromatic N) is 2. The number of benzene rings is 1. The van der Waals surface area contributed by atoms with E-state index in [2.05, 4.69) is 5.32 Å². The van der Waals surface area contributed by atoms with Crippen molar-refractivity contribution in [3.05, 3.63) is 23.8 Å². The van der Waals surface area contributed by atoms with Gasteiger partial charge in [0.1, 0.15) is 11.9 Å². The molecule has 2 amide bonds. The van der Waals surface area contributed by atoms with E-state index in [0.717, 1.165) is 10.6 Å². The SMILES string of the molecule is C[C@@H]1CN([C@@H](C)CO)C(=O)c2cc(NC(=O)CCC(F)(F)F)ccc2O[C@@H]1CN(C)S(C)(=O)=O. The zero-order valence-corrected chi connectivity index (χ0v) is 20.2. The van der Waals surface area contributed by atoms with Crippen molar-refractivity contribution in [1.29, 1.82) is 0 Å². The topological polar surface area (TPSA) is 116 Å². The molecular weight excluding hydrogens is 479 g/mol. The minimum Gasteiger partial charge on any atom is -0.488 e. The van der Waals surface area contributed by atoms with Gasteiger partial charge >= 0.3 is 6.18 Å². The molecule has 3 atom stereocenters. The number of aliphatic hydroxyl groups excluding tert-OH is 1. The highest BCUT2D eigenvalue weighted by Crippen LogP contribution is 2.31. The van der Waals surface area contributed by atoms with E-state index in [1.54, 1.807) is 13.8 Å². The van der Waals surface area contributed by atoms with E-state index < -0.39 is 53.0 Å². The molecule has 1 aromatic carbocycles. The number of sulfonamides is 1. The van der Waals surface area contributed by atoms with Gasteiger partial charge in [0, 0.05) is 31.6 Å². The monoisotopic (exact) mass is 509 g/mol. The number of fused-ring (bicyclic) bond motifs is 1. The number of hydrogen-bond acceptors (Lipinski definition) is 6. The van der Waals surface area contributed by atoms with Crippen molar-refractivity contribution in [2.75, 3.05) is 38.3 Å². The zero-order chi connectivity index (χ0) is 25.8. The van der Waals surface area contributed by atoms with E-state index in [1.807, 2.05) is 0 Å². The molecule has 34 heavy (non-hydrogen) atoms. The van der Waals surface area contributed by atoms with Gasteiger partial charge in [-0.2, -0.15) is 13.2 Å².